The quantitative estimate of drug-likeness (QED) is 0.835. The summed E-state index contributed by atoms with van der Waals surface area (Å²) in [5, 5.41) is 11.2. The molecule has 2 heterocycles. The summed E-state index contributed by atoms with van der Waals surface area (Å²) in [7, 11) is 0. The molecule has 0 aliphatic carbocycles. The highest BCUT2D eigenvalue weighted by molar-refractivity contribution is 7.11. The lowest BCUT2D eigenvalue weighted by molar-refractivity contribution is -0.127. The highest BCUT2D eigenvalue weighted by atomic mass is 32.1. The Morgan fingerprint density at radius 2 is 2.53 bits per heavy atom. The van der Waals surface area contributed by atoms with Crippen LogP contribution in [0, 0.1) is 6.92 Å². The van der Waals surface area contributed by atoms with Gasteiger partial charge in [-0.05, 0) is 42.9 Å². The van der Waals surface area contributed by atoms with Crippen LogP contribution in [-0.2, 0) is 4.79 Å². The molecule has 92 valence electrons. The van der Waals surface area contributed by atoms with Crippen molar-refractivity contribution >= 4 is 23.3 Å². The van der Waals surface area contributed by atoms with Gasteiger partial charge in [0.05, 0.1) is 12.6 Å². The van der Waals surface area contributed by atoms with Gasteiger partial charge in [-0.2, -0.15) is 0 Å². The Hall–Kier alpha value is -1.13. The van der Waals surface area contributed by atoms with Gasteiger partial charge in [-0.1, -0.05) is 0 Å². The van der Waals surface area contributed by atoms with Gasteiger partial charge in [0, 0.05) is 17.5 Å². The van der Waals surface area contributed by atoms with E-state index in [0.29, 0.717) is 0 Å². The molecule has 2 rings (SSSR count). The van der Waals surface area contributed by atoms with Gasteiger partial charge in [0.15, 0.2) is 0 Å². The topological polar surface area (TPSA) is 40.5 Å². The van der Waals surface area contributed by atoms with Crippen LogP contribution >= 0.6 is 11.3 Å². The Kier molecular flexibility index (Phi) is 3.97. The number of aliphatic hydroxyl groups excluding tert-OH is 1. The SMILES string of the molecule is Cc1ccsc1C=CC(=O)N1CCC[C@H]1CO. The number of aryl methyl sites for hydroxylation is 1. The fraction of sp³-hybridized carbons (Fsp3) is 0.462. The zero-order valence-corrected chi connectivity index (χ0v) is 10.7. The molecule has 17 heavy (non-hydrogen) atoms. The van der Waals surface area contributed by atoms with Crippen molar-refractivity contribution in [3.63, 3.8) is 0 Å². The second-order valence-electron chi connectivity index (χ2n) is 4.31. The maximum Gasteiger partial charge on any atom is 0.246 e. The second-order valence-corrected chi connectivity index (χ2v) is 5.26. The van der Waals surface area contributed by atoms with Crippen LogP contribution in [0.3, 0.4) is 0 Å². The van der Waals surface area contributed by atoms with Gasteiger partial charge < -0.3 is 10.0 Å². The van der Waals surface area contributed by atoms with Gasteiger partial charge >= 0.3 is 0 Å². The summed E-state index contributed by atoms with van der Waals surface area (Å²) in [6.45, 7) is 2.86. The highest BCUT2D eigenvalue weighted by Crippen LogP contribution is 2.19. The Labute approximate surface area is 105 Å². The molecule has 3 nitrogen and oxygen atoms in total. The van der Waals surface area contributed by atoms with Crippen LogP contribution in [0.5, 0.6) is 0 Å². The van der Waals surface area contributed by atoms with E-state index in [-0.39, 0.29) is 18.6 Å². The second kappa shape index (κ2) is 5.47. The van der Waals surface area contributed by atoms with Gasteiger partial charge in [0.25, 0.3) is 0 Å². The minimum absolute atomic E-state index is 0.00866. The van der Waals surface area contributed by atoms with Crippen molar-refractivity contribution in [2.75, 3.05) is 13.2 Å². The largest absolute Gasteiger partial charge is 0.394 e. The molecule has 1 aromatic rings. The summed E-state index contributed by atoms with van der Waals surface area (Å²) in [6, 6.07) is 2.05. The van der Waals surface area contributed by atoms with Gasteiger partial charge in [-0.3, -0.25) is 4.79 Å². The van der Waals surface area contributed by atoms with Crippen LogP contribution in [0.25, 0.3) is 6.08 Å². The molecule has 0 aromatic carbocycles. The van der Waals surface area contributed by atoms with Crippen molar-refractivity contribution in [3.8, 4) is 0 Å². The molecule has 0 unspecified atom stereocenters. The summed E-state index contributed by atoms with van der Waals surface area (Å²) in [4.78, 5) is 14.8. The molecule has 0 spiro atoms. The lowest BCUT2D eigenvalue weighted by Gasteiger charge is -2.21. The van der Waals surface area contributed by atoms with Crippen LogP contribution in [0.2, 0.25) is 0 Å². The van der Waals surface area contributed by atoms with E-state index >= 15 is 0 Å². The minimum atomic E-state index is 0.00866. The molecule has 4 heteroatoms. The summed E-state index contributed by atoms with van der Waals surface area (Å²) in [6.07, 6.45) is 5.39. The molecule has 0 radical (unpaired) electrons. The average Bonchev–Trinajstić information content (AvgIpc) is 2.94. The smallest absolute Gasteiger partial charge is 0.246 e. The zero-order chi connectivity index (χ0) is 12.3. The summed E-state index contributed by atoms with van der Waals surface area (Å²) in [5.74, 6) is 0.00866. The van der Waals surface area contributed by atoms with E-state index in [0.717, 1.165) is 24.3 Å². The normalized spacial score (nSPS) is 20.4. The summed E-state index contributed by atoms with van der Waals surface area (Å²) in [5.41, 5.74) is 1.19. The van der Waals surface area contributed by atoms with Crippen molar-refractivity contribution in [2.45, 2.75) is 25.8 Å². The fourth-order valence-corrected chi connectivity index (χ4v) is 2.93. The Bertz CT molecular complexity index is 425. The first-order valence-electron chi connectivity index (χ1n) is 5.86. The number of likely N-dealkylation sites (tertiary alicyclic amines) is 1. The predicted molar refractivity (Wildman–Crippen MR) is 69.9 cm³/mol. The molecular formula is C13H17NO2S. The van der Waals surface area contributed by atoms with Crippen LogP contribution in [0.4, 0.5) is 0 Å². The van der Waals surface area contributed by atoms with Crippen molar-refractivity contribution in [3.05, 3.63) is 28.0 Å². The number of hydrogen-bond acceptors (Lipinski definition) is 3. The number of amides is 1. The van der Waals surface area contributed by atoms with E-state index in [1.54, 1.807) is 22.3 Å². The molecule has 0 bridgehead atoms. The van der Waals surface area contributed by atoms with E-state index in [9.17, 15) is 4.79 Å². The number of aliphatic hydroxyl groups is 1. The Morgan fingerprint density at radius 3 is 3.18 bits per heavy atom. The number of carbonyl (C=O) groups is 1. The Morgan fingerprint density at radius 1 is 1.71 bits per heavy atom. The molecule has 0 saturated carbocycles. The molecule has 1 aliphatic rings. The van der Waals surface area contributed by atoms with Crippen molar-refractivity contribution in [2.24, 2.45) is 0 Å². The Balaban J connectivity index is 2.02. The standard InChI is InChI=1S/C13H17NO2S/c1-10-6-8-17-12(10)4-5-13(16)14-7-2-3-11(14)9-15/h4-6,8,11,15H,2-3,7,9H2,1H3/t11-/m0/s1. The first-order valence-corrected chi connectivity index (χ1v) is 6.74. The van der Waals surface area contributed by atoms with E-state index in [1.807, 2.05) is 24.4 Å². The van der Waals surface area contributed by atoms with E-state index in [2.05, 4.69) is 0 Å². The number of rotatable bonds is 3. The van der Waals surface area contributed by atoms with Gasteiger partial charge in [-0.25, -0.2) is 0 Å². The first kappa shape index (κ1) is 12.3. The number of nitrogens with zero attached hydrogens (tertiary/aromatic N) is 1. The molecule has 1 atom stereocenters. The van der Waals surface area contributed by atoms with E-state index < -0.39 is 0 Å². The van der Waals surface area contributed by atoms with Crippen LogP contribution in [0.15, 0.2) is 17.5 Å². The molecule has 1 saturated heterocycles. The van der Waals surface area contributed by atoms with Gasteiger partial charge in [0.1, 0.15) is 0 Å². The van der Waals surface area contributed by atoms with Crippen LogP contribution in [-0.4, -0.2) is 35.1 Å². The molecule has 1 aromatic heterocycles. The molecular weight excluding hydrogens is 234 g/mol. The van der Waals surface area contributed by atoms with Crippen molar-refractivity contribution < 1.29 is 9.90 Å². The number of hydrogen-bond donors (Lipinski definition) is 1. The van der Waals surface area contributed by atoms with E-state index in [4.69, 9.17) is 5.11 Å². The monoisotopic (exact) mass is 251 g/mol. The highest BCUT2D eigenvalue weighted by Gasteiger charge is 2.26. The third-order valence-corrected chi connectivity index (χ3v) is 4.13. The third kappa shape index (κ3) is 2.76. The molecule has 1 N–H and O–H groups in total. The lowest BCUT2D eigenvalue weighted by atomic mass is 10.2. The number of thiophene rings is 1. The molecule has 1 amide bonds. The first-order chi connectivity index (χ1) is 8.22. The summed E-state index contributed by atoms with van der Waals surface area (Å²) < 4.78 is 0. The summed E-state index contributed by atoms with van der Waals surface area (Å²) >= 11 is 1.63. The molecule has 1 fully saturated rings. The van der Waals surface area contributed by atoms with E-state index in [1.165, 1.54) is 5.56 Å². The van der Waals surface area contributed by atoms with Gasteiger partial charge in [0.2, 0.25) is 5.91 Å². The van der Waals surface area contributed by atoms with Gasteiger partial charge in [-0.15, -0.1) is 11.3 Å². The lowest BCUT2D eigenvalue weighted by Crippen LogP contribution is -2.36. The zero-order valence-electron chi connectivity index (χ0n) is 9.93. The van der Waals surface area contributed by atoms with Crippen LogP contribution in [0.1, 0.15) is 23.3 Å². The predicted octanol–water partition coefficient (Wildman–Crippen LogP) is 2.05. The van der Waals surface area contributed by atoms with Crippen LogP contribution < -0.4 is 0 Å². The number of carbonyl (C=O) groups excluding carboxylic acids is 1. The van der Waals surface area contributed by atoms with Crippen molar-refractivity contribution in [1.29, 1.82) is 0 Å². The minimum Gasteiger partial charge on any atom is -0.394 e. The fourth-order valence-electron chi connectivity index (χ4n) is 2.11. The van der Waals surface area contributed by atoms with Crippen molar-refractivity contribution in [1.82, 2.24) is 4.90 Å². The molecule has 1 aliphatic heterocycles. The maximum atomic E-state index is 12.0. The average molecular weight is 251 g/mol. The maximum absolute atomic E-state index is 12.0. The third-order valence-electron chi connectivity index (χ3n) is 3.15.